The molecular formula is C21H27Cl2N7O. The Morgan fingerprint density at radius 1 is 1.13 bits per heavy atom. The van der Waals surface area contributed by atoms with E-state index in [1.54, 1.807) is 31.5 Å². The molecule has 31 heavy (non-hydrogen) atoms. The first kappa shape index (κ1) is 23.2. The summed E-state index contributed by atoms with van der Waals surface area (Å²) in [5.74, 6) is 0.968. The normalized spacial score (nSPS) is 14.9. The quantitative estimate of drug-likeness (QED) is 0.514. The molecule has 2 heterocycles. The molecule has 1 aliphatic rings. The number of halogens is 2. The SMILES string of the molecule is CN=Cc1c(NCCN2CCCCCC2)ncnc1NC(=O)Nc1ccc(Cl)cc1Cl. The van der Waals surface area contributed by atoms with E-state index in [0.717, 1.165) is 26.2 Å². The lowest BCUT2D eigenvalue weighted by Crippen LogP contribution is -2.30. The minimum absolute atomic E-state index is 0.344. The van der Waals surface area contributed by atoms with Gasteiger partial charge in [-0.1, -0.05) is 36.0 Å². The number of aliphatic imine (C=N–C) groups is 1. The zero-order chi connectivity index (χ0) is 22.1. The molecule has 8 nitrogen and oxygen atoms in total. The Bertz CT molecular complexity index is 915. The van der Waals surface area contributed by atoms with E-state index in [2.05, 4.69) is 35.8 Å². The molecule has 2 amide bonds. The molecule has 0 aliphatic carbocycles. The first-order chi connectivity index (χ1) is 15.1. The van der Waals surface area contributed by atoms with Crippen molar-refractivity contribution in [2.45, 2.75) is 25.7 Å². The van der Waals surface area contributed by atoms with Crippen LogP contribution >= 0.6 is 23.2 Å². The first-order valence-corrected chi connectivity index (χ1v) is 11.1. The van der Waals surface area contributed by atoms with Crippen LogP contribution in [0, 0.1) is 0 Å². The Balaban J connectivity index is 1.65. The monoisotopic (exact) mass is 463 g/mol. The third-order valence-electron chi connectivity index (χ3n) is 4.97. The Hall–Kier alpha value is -2.42. The molecule has 3 N–H and O–H groups in total. The average molecular weight is 464 g/mol. The number of urea groups is 1. The minimum atomic E-state index is -0.482. The van der Waals surface area contributed by atoms with Gasteiger partial charge < -0.3 is 15.5 Å². The number of likely N-dealkylation sites (tertiary alicyclic amines) is 1. The number of hydrogen-bond acceptors (Lipinski definition) is 6. The highest BCUT2D eigenvalue weighted by molar-refractivity contribution is 6.36. The topological polar surface area (TPSA) is 94.5 Å². The molecule has 2 aromatic rings. The molecular weight excluding hydrogens is 437 g/mol. The third-order valence-corrected chi connectivity index (χ3v) is 5.52. The number of hydrogen-bond donors (Lipinski definition) is 3. The van der Waals surface area contributed by atoms with Crippen molar-refractivity contribution in [2.24, 2.45) is 4.99 Å². The number of carbonyl (C=O) groups is 1. The van der Waals surface area contributed by atoms with Crippen molar-refractivity contribution in [1.29, 1.82) is 0 Å². The zero-order valence-corrected chi connectivity index (χ0v) is 19.0. The van der Waals surface area contributed by atoms with E-state index >= 15 is 0 Å². The fourth-order valence-electron chi connectivity index (χ4n) is 3.43. The molecule has 1 fully saturated rings. The van der Waals surface area contributed by atoms with Crippen LogP contribution in [0.2, 0.25) is 10.0 Å². The number of amides is 2. The van der Waals surface area contributed by atoms with Crippen molar-refractivity contribution in [2.75, 3.05) is 49.2 Å². The van der Waals surface area contributed by atoms with Gasteiger partial charge in [0, 0.05) is 31.4 Å². The lowest BCUT2D eigenvalue weighted by atomic mass is 10.2. The highest BCUT2D eigenvalue weighted by atomic mass is 35.5. The van der Waals surface area contributed by atoms with Crippen molar-refractivity contribution in [3.63, 3.8) is 0 Å². The fraction of sp³-hybridized carbons (Fsp3) is 0.429. The summed E-state index contributed by atoms with van der Waals surface area (Å²) < 4.78 is 0. The second-order valence-electron chi connectivity index (χ2n) is 7.26. The van der Waals surface area contributed by atoms with Crippen molar-refractivity contribution in [3.8, 4) is 0 Å². The molecule has 1 aliphatic heterocycles. The van der Waals surface area contributed by atoms with Crippen molar-refractivity contribution in [1.82, 2.24) is 14.9 Å². The van der Waals surface area contributed by atoms with Gasteiger partial charge in [-0.2, -0.15) is 0 Å². The predicted molar refractivity (Wildman–Crippen MR) is 128 cm³/mol. The van der Waals surface area contributed by atoms with E-state index < -0.39 is 6.03 Å². The fourth-order valence-corrected chi connectivity index (χ4v) is 3.89. The van der Waals surface area contributed by atoms with Gasteiger partial charge in [0.05, 0.1) is 16.3 Å². The molecule has 1 saturated heterocycles. The van der Waals surface area contributed by atoms with E-state index in [0.29, 0.717) is 32.9 Å². The van der Waals surface area contributed by atoms with Gasteiger partial charge in [0.25, 0.3) is 0 Å². The summed E-state index contributed by atoms with van der Waals surface area (Å²) >= 11 is 12.0. The Morgan fingerprint density at radius 3 is 2.58 bits per heavy atom. The highest BCUT2D eigenvalue weighted by Crippen LogP contribution is 2.26. The van der Waals surface area contributed by atoms with E-state index in [1.165, 1.54) is 32.0 Å². The summed E-state index contributed by atoms with van der Waals surface area (Å²) in [6.07, 6.45) is 8.16. The van der Waals surface area contributed by atoms with E-state index in [1.807, 2.05) is 0 Å². The molecule has 0 saturated carbocycles. The summed E-state index contributed by atoms with van der Waals surface area (Å²) in [5, 5.41) is 9.62. The van der Waals surface area contributed by atoms with E-state index in [9.17, 15) is 4.79 Å². The number of benzene rings is 1. The largest absolute Gasteiger partial charge is 0.368 e. The molecule has 1 aromatic heterocycles. The van der Waals surface area contributed by atoms with Crippen LogP contribution in [0.1, 0.15) is 31.2 Å². The van der Waals surface area contributed by atoms with Crippen LogP contribution in [-0.4, -0.2) is 60.3 Å². The summed E-state index contributed by atoms with van der Waals surface area (Å²) in [6.45, 7) is 3.95. The van der Waals surface area contributed by atoms with Gasteiger partial charge in [-0.05, 0) is 44.1 Å². The van der Waals surface area contributed by atoms with Gasteiger partial charge in [0.15, 0.2) is 0 Å². The predicted octanol–water partition coefficient (Wildman–Crippen LogP) is 4.76. The van der Waals surface area contributed by atoms with Crippen LogP contribution < -0.4 is 16.0 Å². The smallest absolute Gasteiger partial charge is 0.324 e. The zero-order valence-electron chi connectivity index (χ0n) is 17.5. The van der Waals surface area contributed by atoms with Gasteiger partial charge >= 0.3 is 6.03 Å². The van der Waals surface area contributed by atoms with Crippen molar-refractivity contribution < 1.29 is 4.79 Å². The van der Waals surface area contributed by atoms with E-state index in [-0.39, 0.29) is 0 Å². The summed E-state index contributed by atoms with van der Waals surface area (Å²) in [4.78, 5) is 27.6. The molecule has 0 atom stereocenters. The van der Waals surface area contributed by atoms with Crippen LogP contribution in [0.5, 0.6) is 0 Å². The number of aromatic nitrogens is 2. The molecule has 10 heteroatoms. The molecule has 3 rings (SSSR count). The second-order valence-corrected chi connectivity index (χ2v) is 8.10. The number of rotatable bonds is 7. The molecule has 166 valence electrons. The third kappa shape index (κ3) is 7.05. The minimum Gasteiger partial charge on any atom is -0.368 e. The van der Waals surface area contributed by atoms with Crippen LogP contribution in [0.15, 0.2) is 29.5 Å². The maximum atomic E-state index is 12.5. The number of carbonyl (C=O) groups excluding carboxylic acids is 1. The summed E-state index contributed by atoms with van der Waals surface area (Å²) in [7, 11) is 1.66. The summed E-state index contributed by atoms with van der Waals surface area (Å²) in [5.41, 5.74) is 1.05. The number of nitrogens with zero attached hydrogens (tertiary/aromatic N) is 4. The number of nitrogens with one attached hydrogen (secondary N) is 3. The van der Waals surface area contributed by atoms with Crippen molar-refractivity contribution in [3.05, 3.63) is 40.1 Å². The average Bonchev–Trinajstić information content (AvgIpc) is 3.01. The highest BCUT2D eigenvalue weighted by Gasteiger charge is 2.14. The van der Waals surface area contributed by atoms with Crippen LogP contribution in [0.3, 0.4) is 0 Å². The van der Waals surface area contributed by atoms with Crippen LogP contribution in [0.4, 0.5) is 22.1 Å². The molecule has 0 bridgehead atoms. The maximum Gasteiger partial charge on any atom is 0.324 e. The lowest BCUT2D eigenvalue weighted by Gasteiger charge is -2.20. The Labute approximate surface area is 192 Å². The Kier molecular flexibility index (Phi) is 8.87. The lowest BCUT2D eigenvalue weighted by molar-refractivity contribution is 0.262. The molecule has 0 radical (unpaired) electrons. The van der Waals surface area contributed by atoms with Gasteiger partial charge in [-0.15, -0.1) is 0 Å². The van der Waals surface area contributed by atoms with E-state index in [4.69, 9.17) is 23.2 Å². The van der Waals surface area contributed by atoms with Gasteiger partial charge in [-0.25, -0.2) is 14.8 Å². The maximum absolute atomic E-state index is 12.5. The molecule has 0 spiro atoms. The van der Waals surface area contributed by atoms with Crippen molar-refractivity contribution >= 4 is 52.8 Å². The van der Waals surface area contributed by atoms with Crippen LogP contribution in [-0.2, 0) is 0 Å². The Morgan fingerprint density at radius 2 is 1.87 bits per heavy atom. The summed E-state index contributed by atoms with van der Waals surface area (Å²) in [6, 6.07) is 4.36. The number of anilines is 3. The second kappa shape index (κ2) is 11.8. The first-order valence-electron chi connectivity index (χ1n) is 10.3. The van der Waals surface area contributed by atoms with Gasteiger partial charge in [-0.3, -0.25) is 10.3 Å². The van der Waals surface area contributed by atoms with Gasteiger partial charge in [0.2, 0.25) is 0 Å². The molecule has 0 unspecified atom stereocenters. The van der Waals surface area contributed by atoms with Crippen LogP contribution in [0.25, 0.3) is 0 Å². The van der Waals surface area contributed by atoms with Gasteiger partial charge in [0.1, 0.15) is 18.0 Å². The standard InChI is InChI=1S/C21H27Cl2N7O/c1-24-13-16-19(25-8-11-30-9-4-2-3-5-10-30)26-14-27-20(16)29-21(31)28-18-7-6-15(22)12-17(18)23/h6-7,12-14H,2-5,8-11H2,1H3,(H3,25,26,27,28,29,31). The molecule has 1 aromatic carbocycles.